The van der Waals surface area contributed by atoms with E-state index in [0.29, 0.717) is 24.6 Å². The molecule has 6 nitrogen and oxygen atoms in total. The Labute approximate surface area is 163 Å². The zero-order valence-corrected chi connectivity index (χ0v) is 16.4. The molecule has 1 aliphatic rings. The van der Waals surface area contributed by atoms with E-state index < -0.39 is 0 Å². The summed E-state index contributed by atoms with van der Waals surface area (Å²) in [5.41, 5.74) is 4.18. The fourth-order valence-corrected chi connectivity index (χ4v) is 3.63. The van der Waals surface area contributed by atoms with Gasteiger partial charge >= 0.3 is 0 Å². The van der Waals surface area contributed by atoms with Crippen LogP contribution in [0.15, 0.2) is 30.5 Å². The SMILES string of the molecule is Cc1c(F)cccc1[C@@H](C)Nc1nnc(C)c2ncc(N3CCOCC3)cc12. The molecule has 1 saturated heterocycles. The number of anilines is 2. The van der Waals surface area contributed by atoms with Crippen molar-refractivity contribution in [3.63, 3.8) is 0 Å². The first-order valence-corrected chi connectivity index (χ1v) is 9.52. The molecule has 1 atom stereocenters. The van der Waals surface area contributed by atoms with Crippen LogP contribution in [-0.4, -0.2) is 41.5 Å². The molecule has 0 aliphatic carbocycles. The van der Waals surface area contributed by atoms with Gasteiger partial charge in [-0.25, -0.2) is 4.39 Å². The monoisotopic (exact) mass is 381 g/mol. The van der Waals surface area contributed by atoms with E-state index >= 15 is 0 Å². The van der Waals surface area contributed by atoms with Gasteiger partial charge in [-0.1, -0.05) is 12.1 Å². The van der Waals surface area contributed by atoms with E-state index in [0.717, 1.165) is 40.9 Å². The number of hydrogen-bond acceptors (Lipinski definition) is 6. The number of pyridine rings is 1. The summed E-state index contributed by atoms with van der Waals surface area (Å²) in [5.74, 6) is 0.446. The second-order valence-electron chi connectivity index (χ2n) is 7.14. The molecule has 28 heavy (non-hydrogen) atoms. The standard InChI is InChI=1S/C21H24FN5O/c1-13-17(5-4-6-19(13)22)14(2)24-21-18-11-16(27-7-9-28-10-8-27)12-23-20(18)15(3)25-26-21/h4-6,11-12,14H,7-10H2,1-3H3,(H,24,26)/t14-/m1/s1. The molecule has 7 heteroatoms. The Balaban J connectivity index is 1.71. The highest BCUT2D eigenvalue weighted by atomic mass is 19.1. The molecular weight excluding hydrogens is 357 g/mol. The highest BCUT2D eigenvalue weighted by molar-refractivity contribution is 5.92. The first-order chi connectivity index (χ1) is 13.5. The van der Waals surface area contributed by atoms with Gasteiger partial charge in [0.05, 0.1) is 42.4 Å². The van der Waals surface area contributed by atoms with Crippen molar-refractivity contribution in [2.45, 2.75) is 26.8 Å². The molecular formula is C21H24FN5O. The van der Waals surface area contributed by atoms with Crippen molar-refractivity contribution in [1.29, 1.82) is 0 Å². The van der Waals surface area contributed by atoms with Crippen LogP contribution in [0.1, 0.15) is 29.8 Å². The third kappa shape index (κ3) is 3.49. The van der Waals surface area contributed by atoms with Crippen molar-refractivity contribution < 1.29 is 9.13 Å². The Bertz CT molecular complexity index is 1000. The van der Waals surface area contributed by atoms with Gasteiger partial charge in [0.25, 0.3) is 0 Å². The third-order valence-corrected chi connectivity index (χ3v) is 5.28. The number of nitrogens with one attached hydrogen (secondary N) is 1. The fraction of sp³-hybridized carbons (Fsp3) is 0.381. The lowest BCUT2D eigenvalue weighted by Gasteiger charge is -2.29. The minimum absolute atomic E-state index is 0.122. The van der Waals surface area contributed by atoms with Crippen molar-refractivity contribution in [2.75, 3.05) is 36.5 Å². The minimum Gasteiger partial charge on any atom is -0.378 e. The predicted molar refractivity (Wildman–Crippen MR) is 108 cm³/mol. The number of nitrogens with zero attached hydrogens (tertiary/aromatic N) is 4. The second-order valence-corrected chi connectivity index (χ2v) is 7.14. The molecule has 1 fully saturated rings. The van der Waals surface area contributed by atoms with Crippen molar-refractivity contribution in [3.05, 3.63) is 53.1 Å². The van der Waals surface area contributed by atoms with E-state index in [1.807, 2.05) is 26.1 Å². The zero-order valence-electron chi connectivity index (χ0n) is 16.4. The minimum atomic E-state index is -0.206. The molecule has 2 aromatic heterocycles. The lowest BCUT2D eigenvalue weighted by atomic mass is 10.0. The molecule has 3 aromatic rings. The number of aryl methyl sites for hydroxylation is 1. The number of benzene rings is 1. The van der Waals surface area contributed by atoms with Crippen LogP contribution in [0, 0.1) is 19.7 Å². The van der Waals surface area contributed by atoms with Gasteiger partial charge in [-0.15, -0.1) is 5.10 Å². The van der Waals surface area contributed by atoms with Gasteiger partial charge in [0.2, 0.25) is 0 Å². The van der Waals surface area contributed by atoms with Crippen LogP contribution < -0.4 is 10.2 Å². The Morgan fingerprint density at radius 1 is 1.18 bits per heavy atom. The van der Waals surface area contributed by atoms with Gasteiger partial charge in [-0.05, 0) is 44.0 Å². The molecule has 4 rings (SSSR count). The average molecular weight is 381 g/mol. The number of halogens is 1. The van der Waals surface area contributed by atoms with Crippen molar-refractivity contribution in [2.24, 2.45) is 0 Å². The van der Waals surface area contributed by atoms with E-state index in [1.165, 1.54) is 6.07 Å². The summed E-state index contributed by atoms with van der Waals surface area (Å²) in [5, 5.41) is 12.9. The van der Waals surface area contributed by atoms with Crippen molar-refractivity contribution in [1.82, 2.24) is 15.2 Å². The van der Waals surface area contributed by atoms with Crippen molar-refractivity contribution in [3.8, 4) is 0 Å². The van der Waals surface area contributed by atoms with Gasteiger partial charge < -0.3 is 15.0 Å². The predicted octanol–water partition coefficient (Wildman–Crippen LogP) is 3.79. The molecule has 0 spiro atoms. The Hall–Kier alpha value is -2.80. The number of fused-ring (bicyclic) bond motifs is 1. The largest absolute Gasteiger partial charge is 0.378 e. The van der Waals surface area contributed by atoms with Gasteiger partial charge in [0.15, 0.2) is 5.82 Å². The van der Waals surface area contributed by atoms with E-state index in [9.17, 15) is 4.39 Å². The number of rotatable bonds is 4. The van der Waals surface area contributed by atoms with Crippen LogP contribution in [0.4, 0.5) is 15.9 Å². The molecule has 0 radical (unpaired) electrons. The molecule has 0 unspecified atom stereocenters. The zero-order chi connectivity index (χ0) is 19.7. The summed E-state index contributed by atoms with van der Waals surface area (Å²) < 4.78 is 19.4. The fourth-order valence-electron chi connectivity index (χ4n) is 3.63. The summed E-state index contributed by atoms with van der Waals surface area (Å²) in [6.07, 6.45) is 1.88. The highest BCUT2D eigenvalue weighted by Crippen LogP contribution is 2.29. The summed E-state index contributed by atoms with van der Waals surface area (Å²) in [4.78, 5) is 6.90. The molecule has 3 heterocycles. The normalized spacial score (nSPS) is 15.6. The Kier molecular flexibility index (Phi) is 5.09. The molecule has 0 amide bonds. The van der Waals surface area contributed by atoms with Crippen LogP contribution in [-0.2, 0) is 4.74 Å². The molecule has 0 bridgehead atoms. The first kappa shape index (κ1) is 18.6. The maximum Gasteiger partial charge on any atom is 0.158 e. The van der Waals surface area contributed by atoms with E-state index in [2.05, 4.69) is 31.5 Å². The number of morpholine rings is 1. The maximum atomic E-state index is 14.0. The van der Waals surface area contributed by atoms with Gasteiger partial charge in [0.1, 0.15) is 5.82 Å². The third-order valence-electron chi connectivity index (χ3n) is 5.28. The number of ether oxygens (including phenoxy) is 1. The van der Waals surface area contributed by atoms with E-state index in [4.69, 9.17) is 4.74 Å². The van der Waals surface area contributed by atoms with Crippen LogP contribution in [0.5, 0.6) is 0 Å². The summed E-state index contributed by atoms with van der Waals surface area (Å²) in [6.45, 7) is 8.80. The van der Waals surface area contributed by atoms with Gasteiger partial charge in [-0.3, -0.25) is 4.98 Å². The van der Waals surface area contributed by atoms with Crippen molar-refractivity contribution >= 4 is 22.4 Å². The molecule has 0 saturated carbocycles. The quantitative estimate of drug-likeness (QED) is 0.742. The number of hydrogen-bond donors (Lipinski definition) is 1. The summed E-state index contributed by atoms with van der Waals surface area (Å²) >= 11 is 0. The van der Waals surface area contributed by atoms with E-state index in [-0.39, 0.29) is 11.9 Å². The lowest BCUT2D eigenvalue weighted by Crippen LogP contribution is -2.36. The Morgan fingerprint density at radius 3 is 2.75 bits per heavy atom. The molecule has 1 aliphatic heterocycles. The van der Waals surface area contributed by atoms with E-state index in [1.54, 1.807) is 13.0 Å². The number of aromatic nitrogens is 3. The van der Waals surface area contributed by atoms with Crippen LogP contribution in [0.25, 0.3) is 10.9 Å². The van der Waals surface area contributed by atoms with Crippen LogP contribution >= 0.6 is 0 Å². The first-order valence-electron chi connectivity index (χ1n) is 9.52. The van der Waals surface area contributed by atoms with Crippen LogP contribution in [0.3, 0.4) is 0 Å². The molecule has 1 aromatic carbocycles. The average Bonchev–Trinajstić information content (AvgIpc) is 2.72. The summed E-state index contributed by atoms with van der Waals surface area (Å²) in [7, 11) is 0. The van der Waals surface area contributed by atoms with Crippen LogP contribution in [0.2, 0.25) is 0 Å². The highest BCUT2D eigenvalue weighted by Gasteiger charge is 2.17. The Morgan fingerprint density at radius 2 is 1.96 bits per heavy atom. The lowest BCUT2D eigenvalue weighted by molar-refractivity contribution is 0.122. The van der Waals surface area contributed by atoms with Gasteiger partial charge in [0, 0.05) is 18.5 Å². The topological polar surface area (TPSA) is 63.2 Å². The van der Waals surface area contributed by atoms with Gasteiger partial charge in [-0.2, -0.15) is 5.10 Å². The second kappa shape index (κ2) is 7.67. The summed E-state index contributed by atoms with van der Waals surface area (Å²) in [6, 6.07) is 7.11. The maximum absolute atomic E-state index is 14.0. The molecule has 146 valence electrons. The molecule has 1 N–H and O–H groups in total. The smallest absolute Gasteiger partial charge is 0.158 e.